The van der Waals surface area contributed by atoms with Crippen molar-refractivity contribution in [2.24, 2.45) is 5.92 Å². The molecular weight excluding hydrogens is 224 g/mol. The lowest BCUT2D eigenvalue weighted by atomic mass is 10.0. The molecule has 1 rings (SSSR count). The van der Waals surface area contributed by atoms with E-state index in [0.29, 0.717) is 0 Å². The first kappa shape index (κ1) is 13.1. The normalized spacial score (nSPS) is 14.0. The fourth-order valence-electron chi connectivity index (χ4n) is 1.37. The highest BCUT2D eigenvalue weighted by molar-refractivity contribution is 7.89. The van der Waals surface area contributed by atoms with Gasteiger partial charge in [0.15, 0.2) is 0 Å². The highest BCUT2D eigenvalue weighted by atomic mass is 32.2. The zero-order chi connectivity index (χ0) is 12.2. The molecular formula is C11H18N2O2S. The van der Waals surface area contributed by atoms with Crippen molar-refractivity contribution in [2.45, 2.75) is 26.8 Å². The fraction of sp³-hybridized carbons (Fsp3) is 0.545. The van der Waals surface area contributed by atoms with E-state index in [1.807, 2.05) is 32.0 Å². The fourth-order valence-corrected chi connectivity index (χ4v) is 2.32. The van der Waals surface area contributed by atoms with Crippen molar-refractivity contribution in [3.63, 3.8) is 0 Å². The molecule has 1 heterocycles. The van der Waals surface area contributed by atoms with E-state index in [1.165, 1.54) is 0 Å². The molecule has 1 atom stereocenters. The first-order valence-electron chi connectivity index (χ1n) is 5.37. The van der Waals surface area contributed by atoms with Crippen LogP contribution in [0.15, 0.2) is 24.4 Å². The van der Waals surface area contributed by atoms with E-state index in [2.05, 4.69) is 9.71 Å². The van der Waals surface area contributed by atoms with Crippen LogP contribution in [0.1, 0.15) is 32.5 Å². The Morgan fingerprint density at radius 3 is 2.50 bits per heavy atom. The summed E-state index contributed by atoms with van der Waals surface area (Å²) in [5.41, 5.74) is 0.759. The molecule has 0 unspecified atom stereocenters. The minimum Gasteiger partial charge on any atom is -0.260 e. The van der Waals surface area contributed by atoms with Crippen LogP contribution < -0.4 is 4.72 Å². The molecule has 0 radical (unpaired) electrons. The Labute approximate surface area is 97.2 Å². The van der Waals surface area contributed by atoms with Crippen molar-refractivity contribution in [3.8, 4) is 0 Å². The van der Waals surface area contributed by atoms with Crippen LogP contribution in [0.2, 0.25) is 0 Å². The molecule has 1 aromatic rings. The molecule has 0 aliphatic heterocycles. The van der Waals surface area contributed by atoms with Gasteiger partial charge in [-0.3, -0.25) is 4.98 Å². The van der Waals surface area contributed by atoms with Gasteiger partial charge in [0.25, 0.3) is 0 Å². The number of pyridine rings is 1. The monoisotopic (exact) mass is 242 g/mol. The molecule has 16 heavy (non-hydrogen) atoms. The van der Waals surface area contributed by atoms with Crippen LogP contribution in [-0.2, 0) is 10.0 Å². The molecule has 90 valence electrons. The summed E-state index contributed by atoms with van der Waals surface area (Å²) in [5.74, 6) is 0.250. The molecule has 1 aromatic heterocycles. The van der Waals surface area contributed by atoms with E-state index in [-0.39, 0.29) is 17.7 Å². The quantitative estimate of drug-likeness (QED) is 0.855. The minimum absolute atomic E-state index is 0.0864. The van der Waals surface area contributed by atoms with Gasteiger partial charge in [-0.25, -0.2) is 13.1 Å². The van der Waals surface area contributed by atoms with Crippen molar-refractivity contribution in [1.29, 1.82) is 0 Å². The van der Waals surface area contributed by atoms with Gasteiger partial charge in [0.1, 0.15) is 0 Å². The third-order valence-electron chi connectivity index (χ3n) is 2.36. The lowest BCUT2D eigenvalue weighted by Crippen LogP contribution is -2.33. The summed E-state index contributed by atoms with van der Waals surface area (Å²) in [4.78, 5) is 4.19. The molecule has 4 nitrogen and oxygen atoms in total. The number of rotatable bonds is 5. The average molecular weight is 242 g/mol. The maximum atomic E-state index is 11.5. The Bertz CT molecular complexity index is 415. The summed E-state index contributed by atoms with van der Waals surface area (Å²) in [7, 11) is -3.20. The second kappa shape index (κ2) is 5.41. The number of nitrogens with zero attached hydrogens (tertiary/aromatic N) is 1. The Hall–Kier alpha value is -0.940. The van der Waals surface area contributed by atoms with Crippen LogP contribution in [0.5, 0.6) is 0 Å². The predicted octanol–water partition coefficient (Wildman–Crippen LogP) is 1.72. The molecule has 0 amide bonds. The molecule has 0 bridgehead atoms. The molecule has 0 aliphatic carbocycles. The third kappa shape index (κ3) is 3.57. The van der Waals surface area contributed by atoms with Crippen LogP contribution in [-0.4, -0.2) is 19.2 Å². The van der Waals surface area contributed by atoms with E-state index >= 15 is 0 Å². The van der Waals surface area contributed by atoms with Crippen molar-refractivity contribution >= 4 is 10.0 Å². The number of sulfonamides is 1. The summed E-state index contributed by atoms with van der Waals surface area (Å²) in [6.07, 6.45) is 1.67. The molecule has 0 aliphatic rings. The Morgan fingerprint density at radius 2 is 2.06 bits per heavy atom. The highest BCUT2D eigenvalue weighted by Gasteiger charge is 2.21. The van der Waals surface area contributed by atoms with Crippen LogP contribution in [0, 0.1) is 5.92 Å². The van der Waals surface area contributed by atoms with Gasteiger partial charge in [0, 0.05) is 6.20 Å². The minimum atomic E-state index is -3.20. The summed E-state index contributed by atoms with van der Waals surface area (Å²) in [6, 6.07) is 5.25. The number of hydrogen-bond acceptors (Lipinski definition) is 3. The Kier molecular flexibility index (Phi) is 4.44. The zero-order valence-electron chi connectivity index (χ0n) is 9.84. The van der Waals surface area contributed by atoms with Crippen molar-refractivity contribution in [1.82, 2.24) is 9.71 Å². The van der Waals surface area contributed by atoms with Gasteiger partial charge in [0.05, 0.1) is 17.5 Å². The summed E-state index contributed by atoms with van der Waals surface area (Å²) >= 11 is 0. The van der Waals surface area contributed by atoms with E-state index in [4.69, 9.17) is 0 Å². The largest absolute Gasteiger partial charge is 0.260 e. The van der Waals surface area contributed by atoms with Gasteiger partial charge in [0.2, 0.25) is 10.0 Å². The number of hydrogen-bond donors (Lipinski definition) is 1. The highest BCUT2D eigenvalue weighted by Crippen LogP contribution is 2.20. The maximum Gasteiger partial charge on any atom is 0.211 e. The van der Waals surface area contributed by atoms with Crippen LogP contribution >= 0.6 is 0 Å². The molecule has 0 spiro atoms. The average Bonchev–Trinajstić information content (AvgIpc) is 2.27. The van der Waals surface area contributed by atoms with Crippen molar-refractivity contribution < 1.29 is 8.42 Å². The maximum absolute atomic E-state index is 11.5. The first-order chi connectivity index (χ1) is 7.46. The van der Waals surface area contributed by atoms with Gasteiger partial charge in [-0.05, 0) is 25.0 Å². The summed E-state index contributed by atoms with van der Waals surface area (Å²) < 4.78 is 25.8. The molecule has 0 saturated carbocycles. The second-order valence-corrected chi connectivity index (χ2v) is 6.04. The van der Waals surface area contributed by atoms with E-state index < -0.39 is 10.0 Å². The molecule has 0 aromatic carbocycles. The standard InChI is InChI=1S/C11H18N2O2S/c1-4-16(14,15)13-11(9(2)3)10-7-5-6-8-12-10/h5-9,11,13H,4H2,1-3H3/t11-/m0/s1. The van der Waals surface area contributed by atoms with Crippen LogP contribution in [0.3, 0.4) is 0 Å². The predicted molar refractivity (Wildman–Crippen MR) is 64.4 cm³/mol. The van der Waals surface area contributed by atoms with E-state index in [9.17, 15) is 8.42 Å². The Balaban J connectivity index is 2.94. The van der Waals surface area contributed by atoms with Crippen LogP contribution in [0.25, 0.3) is 0 Å². The number of nitrogens with one attached hydrogen (secondary N) is 1. The molecule has 0 saturated heterocycles. The van der Waals surface area contributed by atoms with Gasteiger partial charge in [-0.1, -0.05) is 19.9 Å². The summed E-state index contributed by atoms with van der Waals surface area (Å²) in [6.45, 7) is 5.56. The van der Waals surface area contributed by atoms with Gasteiger partial charge < -0.3 is 0 Å². The first-order valence-corrected chi connectivity index (χ1v) is 7.02. The van der Waals surface area contributed by atoms with Gasteiger partial charge in [-0.15, -0.1) is 0 Å². The zero-order valence-corrected chi connectivity index (χ0v) is 10.7. The molecule has 1 N–H and O–H groups in total. The van der Waals surface area contributed by atoms with Gasteiger partial charge in [-0.2, -0.15) is 0 Å². The van der Waals surface area contributed by atoms with E-state index in [1.54, 1.807) is 13.1 Å². The Morgan fingerprint density at radius 1 is 1.38 bits per heavy atom. The molecule has 5 heteroatoms. The summed E-state index contributed by atoms with van der Waals surface area (Å²) in [5, 5.41) is 0. The second-order valence-electron chi connectivity index (χ2n) is 4.00. The smallest absolute Gasteiger partial charge is 0.211 e. The topological polar surface area (TPSA) is 59.1 Å². The molecule has 0 fully saturated rings. The SMILES string of the molecule is CCS(=O)(=O)N[C@H](c1ccccn1)C(C)C. The lowest BCUT2D eigenvalue weighted by Gasteiger charge is -2.21. The third-order valence-corrected chi connectivity index (χ3v) is 3.73. The van der Waals surface area contributed by atoms with Gasteiger partial charge >= 0.3 is 0 Å². The van der Waals surface area contributed by atoms with E-state index in [0.717, 1.165) is 5.69 Å². The van der Waals surface area contributed by atoms with Crippen LogP contribution in [0.4, 0.5) is 0 Å². The lowest BCUT2D eigenvalue weighted by molar-refractivity contribution is 0.454. The number of aromatic nitrogens is 1. The van der Waals surface area contributed by atoms with Crippen molar-refractivity contribution in [3.05, 3.63) is 30.1 Å². The van der Waals surface area contributed by atoms with Crippen molar-refractivity contribution in [2.75, 3.05) is 5.75 Å².